The van der Waals surface area contributed by atoms with Crippen LogP contribution in [-0.2, 0) is 21.1 Å². The molecule has 7 rings (SSSR count). The summed E-state index contributed by atoms with van der Waals surface area (Å²) in [5.41, 5.74) is 3.11. The SMILES string of the molecule is [Pt+2].[c-]1c(Oc2[c-]c3c(ccc4cccnc43)c3c2oc2ccccc23)cccc1-n1cccn1. The quantitative estimate of drug-likeness (QED) is 0.160. The first-order chi connectivity index (χ1) is 16.3. The van der Waals surface area contributed by atoms with Crippen molar-refractivity contribution in [1.82, 2.24) is 14.8 Å². The molecule has 0 saturated carbocycles. The maximum atomic E-state index is 6.34. The number of para-hydroxylation sites is 1. The van der Waals surface area contributed by atoms with E-state index in [-0.39, 0.29) is 21.1 Å². The van der Waals surface area contributed by atoms with Crippen molar-refractivity contribution >= 4 is 43.6 Å². The Morgan fingerprint density at radius 3 is 2.68 bits per heavy atom. The fourth-order valence-corrected chi connectivity index (χ4v) is 4.35. The summed E-state index contributed by atoms with van der Waals surface area (Å²) in [4.78, 5) is 4.64. The first-order valence-corrected chi connectivity index (χ1v) is 10.6. The van der Waals surface area contributed by atoms with Crippen molar-refractivity contribution in [2.45, 2.75) is 0 Å². The second kappa shape index (κ2) is 8.12. The van der Waals surface area contributed by atoms with Gasteiger partial charge in [-0.25, -0.2) is 0 Å². The number of benzene rings is 4. The monoisotopic (exact) mass is 620 g/mol. The van der Waals surface area contributed by atoms with Gasteiger partial charge in [-0.2, -0.15) is 11.2 Å². The number of fused-ring (bicyclic) bond motifs is 7. The van der Waals surface area contributed by atoms with E-state index in [1.54, 1.807) is 17.1 Å². The van der Waals surface area contributed by atoms with Crippen LogP contribution in [0.3, 0.4) is 0 Å². The third-order valence-electron chi connectivity index (χ3n) is 5.80. The molecule has 3 heterocycles. The number of ether oxygens (including phenoxy) is 1. The molecule has 6 heteroatoms. The Balaban J connectivity index is 0.00000217. The van der Waals surface area contributed by atoms with Gasteiger partial charge in [0.25, 0.3) is 0 Å². The maximum absolute atomic E-state index is 6.34. The largest absolute Gasteiger partial charge is 2.00 e. The Morgan fingerprint density at radius 1 is 0.824 bits per heavy atom. The normalized spacial score (nSPS) is 11.3. The zero-order valence-corrected chi connectivity index (χ0v) is 19.9. The van der Waals surface area contributed by atoms with Crippen molar-refractivity contribution in [2.75, 3.05) is 0 Å². The van der Waals surface area contributed by atoms with Gasteiger partial charge in [-0.3, -0.25) is 4.68 Å². The molecule has 3 aromatic heterocycles. The number of aromatic nitrogens is 3. The van der Waals surface area contributed by atoms with Gasteiger partial charge in [0.1, 0.15) is 5.58 Å². The first-order valence-electron chi connectivity index (χ1n) is 10.6. The Bertz CT molecular complexity index is 1810. The van der Waals surface area contributed by atoms with Gasteiger partial charge in [0.15, 0.2) is 0 Å². The molecule has 0 saturated heterocycles. The van der Waals surface area contributed by atoms with Crippen LogP contribution < -0.4 is 4.74 Å². The number of furan rings is 1. The second-order valence-electron chi connectivity index (χ2n) is 7.77. The molecular weight excluding hydrogens is 605 g/mol. The van der Waals surface area contributed by atoms with E-state index in [4.69, 9.17) is 9.15 Å². The summed E-state index contributed by atoms with van der Waals surface area (Å²) in [6, 6.07) is 30.5. The summed E-state index contributed by atoms with van der Waals surface area (Å²) in [5.74, 6) is 1.05. The van der Waals surface area contributed by atoms with E-state index in [1.165, 1.54) is 0 Å². The zero-order chi connectivity index (χ0) is 21.8. The number of nitrogens with zero attached hydrogens (tertiary/aromatic N) is 3. The van der Waals surface area contributed by atoms with Crippen molar-refractivity contribution in [1.29, 1.82) is 0 Å². The van der Waals surface area contributed by atoms with Gasteiger partial charge in [-0.1, -0.05) is 47.9 Å². The predicted octanol–water partition coefficient (Wildman–Crippen LogP) is 6.86. The number of rotatable bonds is 3. The minimum Gasteiger partial charge on any atom is -0.499 e. The van der Waals surface area contributed by atoms with Crippen LogP contribution in [0.2, 0.25) is 0 Å². The average Bonchev–Trinajstić information content (AvgIpc) is 3.53. The van der Waals surface area contributed by atoms with Gasteiger partial charge in [-0.15, -0.1) is 23.6 Å². The van der Waals surface area contributed by atoms with Gasteiger partial charge in [0.2, 0.25) is 0 Å². The van der Waals surface area contributed by atoms with E-state index in [0.29, 0.717) is 17.1 Å². The maximum Gasteiger partial charge on any atom is 2.00 e. The molecule has 0 amide bonds. The number of pyridine rings is 1. The molecule has 164 valence electrons. The van der Waals surface area contributed by atoms with Crippen molar-refractivity contribution in [3.8, 4) is 17.2 Å². The van der Waals surface area contributed by atoms with Crippen molar-refractivity contribution in [3.05, 3.63) is 104 Å². The van der Waals surface area contributed by atoms with E-state index in [9.17, 15) is 0 Å². The van der Waals surface area contributed by atoms with Crippen molar-refractivity contribution < 1.29 is 30.2 Å². The Kier molecular flexibility index (Phi) is 4.93. The fourth-order valence-electron chi connectivity index (χ4n) is 4.35. The smallest absolute Gasteiger partial charge is 0.499 e. The van der Waals surface area contributed by atoms with Crippen LogP contribution in [-0.4, -0.2) is 14.8 Å². The van der Waals surface area contributed by atoms with E-state index < -0.39 is 0 Å². The summed E-state index contributed by atoms with van der Waals surface area (Å²) < 4.78 is 14.4. The van der Waals surface area contributed by atoms with Crippen LogP contribution in [0.5, 0.6) is 11.5 Å². The first kappa shape index (κ1) is 20.6. The molecule has 0 bridgehead atoms. The van der Waals surface area contributed by atoms with Gasteiger partial charge < -0.3 is 14.1 Å². The van der Waals surface area contributed by atoms with Crippen LogP contribution in [0.1, 0.15) is 0 Å². The molecule has 0 unspecified atom stereocenters. The van der Waals surface area contributed by atoms with Crippen LogP contribution in [0.4, 0.5) is 0 Å². The minimum absolute atomic E-state index is 0. The van der Waals surface area contributed by atoms with Gasteiger partial charge >= 0.3 is 21.1 Å². The molecule has 0 aliphatic carbocycles. The van der Waals surface area contributed by atoms with Crippen LogP contribution >= 0.6 is 0 Å². The second-order valence-corrected chi connectivity index (χ2v) is 7.77. The third-order valence-corrected chi connectivity index (χ3v) is 5.80. The van der Waals surface area contributed by atoms with E-state index in [1.807, 2.05) is 54.7 Å². The summed E-state index contributed by atoms with van der Waals surface area (Å²) in [5, 5.41) is 9.28. The fraction of sp³-hybridized carbons (Fsp3) is 0. The minimum atomic E-state index is 0. The van der Waals surface area contributed by atoms with Crippen LogP contribution in [0.15, 0.2) is 95.8 Å². The van der Waals surface area contributed by atoms with E-state index >= 15 is 0 Å². The third kappa shape index (κ3) is 3.20. The summed E-state index contributed by atoms with van der Waals surface area (Å²) in [6.45, 7) is 0. The molecule has 0 aliphatic rings. The molecule has 0 atom stereocenters. The standard InChI is InChI=1S/C28H15N3O2.Pt/c1-2-10-24-22(9-1)26-21-12-11-18-6-4-13-29-27(18)23(21)17-25(28(26)33-24)32-20-8-3-7-19(16-20)31-15-5-14-30-31;/h1-15H;/q-2;+2. The molecule has 0 N–H and O–H groups in total. The zero-order valence-electron chi connectivity index (χ0n) is 17.6. The number of hydrogen-bond acceptors (Lipinski definition) is 4. The van der Waals surface area contributed by atoms with E-state index in [2.05, 4.69) is 46.5 Å². The Hall–Kier alpha value is -3.95. The van der Waals surface area contributed by atoms with Crippen LogP contribution in [0, 0.1) is 12.1 Å². The van der Waals surface area contributed by atoms with Crippen molar-refractivity contribution in [2.24, 2.45) is 0 Å². The Labute approximate surface area is 208 Å². The molecule has 0 fully saturated rings. The molecule has 0 aliphatic heterocycles. The van der Waals surface area contributed by atoms with Gasteiger partial charge in [0.05, 0.1) is 11.3 Å². The molecule has 0 radical (unpaired) electrons. The van der Waals surface area contributed by atoms with E-state index in [0.717, 1.165) is 43.7 Å². The summed E-state index contributed by atoms with van der Waals surface area (Å²) >= 11 is 0. The molecule has 0 spiro atoms. The van der Waals surface area contributed by atoms with Crippen molar-refractivity contribution in [3.63, 3.8) is 0 Å². The average molecular weight is 621 g/mol. The molecule has 7 aromatic rings. The predicted molar refractivity (Wildman–Crippen MR) is 128 cm³/mol. The topological polar surface area (TPSA) is 53.1 Å². The number of hydrogen-bond donors (Lipinski definition) is 0. The Morgan fingerprint density at radius 2 is 1.76 bits per heavy atom. The van der Waals surface area contributed by atoms with Crippen LogP contribution in [0.25, 0.3) is 49.3 Å². The van der Waals surface area contributed by atoms with Gasteiger partial charge in [0, 0.05) is 29.7 Å². The molecule has 34 heavy (non-hydrogen) atoms. The summed E-state index contributed by atoms with van der Waals surface area (Å²) in [6.07, 6.45) is 5.40. The van der Waals surface area contributed by atoms with Gasteiger partial charge in [-0.05, 0) is 40.2 Å². The summed E-state index contributed by atoms with van der Waals surface area (Å²) in [7, 11) is 0. The molecular formula is C28H15N3O2Pt. The molecule has 4 aromatic carbocycles. The molecule has 5 nitrogen and oxygen atoms in total.